The lowest BCUT2D eigenvalue weighted by Gasteiger charge is -1.95. The summed E-state index contributed by atoms with van der Waals surface area (Å²) in [5, 5.41) is 4.20. The third-order valence-corrected chi connectivity index (χ3v) is 1.84. The maximum Gasteiger partial charge on any atom is 0.156 e. The third kappa shape index (κ3) is 1.42. The predicted molar refractivity (Wildman–Crippen MR) is 52.8 cm³/mol. The number of allylic oxidation sites excluding steroid dienone is 1. The van der Waals surface area contributed by atoms with Crippen molar-refractivity contribution in [1.82, 2.24) is 14.6 Å². The Bertz CT molecular complexity index is 499. The van der Waals surface area contributed by atoms with Crippen LogP contribution < -0.4 is 0 Å². The molecule has 2 aromatic heterocycles. The summed E-state index contributed by atoms with van der Waals surface area (Å²) in [6, 6.07) is 5.63. The number of pyridine rings is 1. The van der Waals surface area contributed by atoms with E-state index in [1.807, 2.05) is 25.1 Å². The van der Waals surface area contributed by atoms with Crippen LogP contribution in [0.1, 0.15) is 11.5 Å². The standard InChI is InChI=1S/C10H9N3O/c1-8-11-10-6-2-4-9(5-3-7-14)13(10)12-8/h2-7H,1H3/b5-3+. The summed E-state index contributed by atoms with van der Waals surface area (Å²) >= 11 is 0. The topological polar surface area (TPSA) is 47.3 Å². The van der Waals surface area contributed by atoms with E-state index in [1.165, 1.54) is 6.08 Å². The number of carbonyl (C=O) groups is 1. The summed E-state index contributed by atoms with van der Waals surface area (Å²) in [4.78, 5) is 14.4. The molecule has 0 aromatic carbocycles. The van der Waals surface area contributed by atoms with E-state index >= 15 is 0 Å². The number of hydrogen-bond donors (Lipinski definition) is 0. The van der Waals surface area contributed by atoms with Crippen molar-refractivity contribution in [2.24, 2.45) is 0 Å². The fourth-order valence-electron chi connectivity index (χ4n) is 1.30. The highest BCUT2D eigenvalue weighted by Gasteiger charge is 2.00. The maximum atomic E-state index is 10.2. The molecule has 2 heterocycles. The van der Waals surface area contributed by atoms with Crippen LogP contribution in [-0.4, -0.2) is 20.9 Å². The van der Waals surface area contributed by atoms with Crippen molar-refractivity contribution in [1.29, 1.82) is 0 Å². The first-order valence-electron chi connectivity index (χ1n) is 4.25. The molecule has 2 aromatic rings. The van der Waals surface area contributed by atoms with Crippen LogP contribution in [0.25, 0.3) is 11.7 Å². The first kappa shape index (κ1) is 8.62. The van der Waals surface area contributed by atoms with Crippen LogP contribution in [0.5, 0.6) is 0 Å². The Labute approximate surface area is 80.9 Å². The first-order chi connectivity index (χ1) is 6.81. The van der Waals surface area contributed by atoms with Gasteiger partial charge in [0.25, 0.3) is 0 Å². The Kier molecular flexibility index (Phi) is 2.10. The smallest absolute Gasteiger partial charge is 0.156 e. The van der Waals surface area contributed by atoms with Gasteiger partial charge < -0.3 is 0 Å². The van der Waals surface area contributed by atoms with E-state index in [0.717, 1.165) is 23.5 Å². The Morgan fingerprint density at radius 3 is 3.07 bits per heavy atom. The monoisotopic (exact) mass is 187 g/mol. The fraction of sp³-hybridized carbons (Fsp3) is 0.100. The van der Waals surface area contributed by atoms with Gasteiger partial charge in [-0.3, -0.25) is 4.79 Å². The predicted octanol–water partition coefficient (Wildman–Crippen LogP) is 1.25. The summed E-state index contributed by atoms with van der Waals surface area (Å²) in [5.74, 6) is 0.719. The average molecular weight is 187 g/mol. The lowest BCUT2D eigenvalue weighted by atomic mass is 10.3. The van der Waals surface area contributed by atoms with Crippen LogP contribution in [0, 0.1) is 6.92 Å². The van der Waals surface area contributed by atoms with Crippen LogP contribution in [-0.2, 0) is 4.79 Å². The molecule has 14 heavy (non-hydrogen) atoms. The first-order valence-corrected chi connectivity index (χ1v) is 4.25. The molecule has 0 bridgehead atoms. The Balaban J connectivity index is 2.63. The number of aryl methyl sites for hydroxylation is 1. The van der Waals surface area contributed by atoms with Crippen molar-refractivity contribution in [3.05, 3.63) is 35.8 Å². The Morgan fingerprint density at radius 1 is 1.43 bits per heavy atom. The highest BCUT2D eigenvalue weighted by molar-refractivity contribution is 5.73. The van der Waals surface area contributed by atoms with Crippen LogP contribution in [0.2, 0.25) is 0 Å². The van der Waals surface area contributed by atoms with E-state index in [4.69, 9.17) is 0 Å². The molecule has 0 atom stereocenters. The molecule has 0 saturated carbocycles. The van der Waals surface area contributed by atoms with Gasteiger partial charge in [0, 0.05) is 0 Å². The minimum Gasteiger partial charge on any atom is -0.299 e. The van der Waals surface area contributed by atoms with E-state index in [1.54, 1.807) is 10.6 Å². The van der Waals surface area contributed by atoms with Gasteiger partial charge in [-0.15, -0.1) is 0 Å². The average Bonchev–Trinajstić information content (AvgIpc) is 2.55. The molecule has 0 aliphatic heterocycles. The van der Waals surface area contributed by atoms with E-state index in [2.05, 4.69) is 10.1 Å². The molecule has 0 aliphatic carbocycles. The van der Waals surface area contributed by atoms with Crippen LogP contribution >= 0.6 is 0 Å². The van der Waals surface area contributed by atoms with Gasteiger partial charge in [0.15, 0.2) is 5.65 Å². The summed E-state index contributed by atoms with van der Waals surface area (Å²) in [7, 11) is 0. The zero-order valence-electron chi connectivity index (χ0n) is 7.71. The van der Waals surface area contributed by atoms with Gasteiger partial charge in [-0.05, 0) is 31.2 Å². The number of rotatable bonds is 2. The molecule has 0 aliphatic rings. The molecule has 0 unspecified atom stereocenters. The normalized spacial score (nSPS) is 11.2. The van der Waals surface area contributed by atoms with Gasteiger partial charge in [-0.2, -0.15) is 5.10 Å². The molecule has 0 radical (unpaired) electrons. The third-order valence-electron chi connectivity index (χ3n) is 1.84. The maximum absolute atomic E-state index is 10.2. The zero-order chi connectivity index (χ0) is 9.97. The second-order valence-corrected chi connectivity index (χ2v) is 2.87. The number of carbonyl (C=O) groups excluding carboxylic acids is 1. The molecule has 0 amide bonds. The van der Waals surface area contributed by atoms with Crippen molar-refractivity contribution in [3.63, 3.8) is 0 Å². The minimum absolute atomic E-state index is 0.719. The minimum atomic E-state index is 0.719. The molecular weight excluding hydrogens is 178 g/mol. The second kappa shape index (κ2) is 3.41. The molecule has 0 spiro atoms. The van der Waals surface area contributed by atoms with Gasteiger partial charge >= 0.3 is 0 Å². The van der Waals surface area contributed by atoms with Crippen molar-refractivity contribution in [2.75, 3.05) is 0 Å². The molecule has 0 saturated heterocycles. The lowest BCUT2D eigenvalue weighted by molar-refractivity contribution is -0.104. The van der Waals surface area contributed by atoms with Gasteiger partial charge in [-0.25, -0.2) is 9.50 Å². The van der Waals surface area contributed by atoms with Crippen LogP contribution in [0.4, 0.5) is 0 Å². The highest BCUT2D eigenvalue weighted by atomic mass is 16.1. The SMILES string of the molecule is Cc1nc2cccc(/C=C/C=O)n2n1. The molecule has 4 heteroatoms. The second-order valence-electron chi connectivity index (χ2n) is 2.87. The van der Waals surface area contributed by atoms with E-state index in [0.29, 0.717) is 0 Å². The Morgan fingerprint density at radius 2 is 2.29 bits per heavy atom. The molecule has 0 fully saturated rings. The number of fused-ring (bicyclic) bond motifs is 1. The van der Waals surface area contributed by atoms with E-state index in [9.17, 15) is 4.79 Å². The summed E-state index contributed by atoms with van der Waals surface area (Å²) in [5.41, 5.74) is 1.63. The number of aldehydes is 1. The van der Waals surface area contributed by atoms with Gasteiger partial charge in [0.1, 0.15) is 12.1 Å². The van der Waals surface area contributed by atoms with Crippen LogP contribution in [0.15, 0.2) is 24.3 Å². The van der Waals surface area contributed by atoms with Crippen molar-refractivity contribution < 1.29 is 4.79 Å². The zero-order valence-corrected chi connectivity index (χ0v) is 7.71. The van der Waals surface area contributed by atoms with Gasteiger partial charge in [-0.1, -0.05) is 6.07 Å². The van der Waals surface area contributed by atoms with E-state index in [-0.39, 0.29) is 0 Å². The van der Waals surface area contributed by atoms with Crippen molar-refractivity contribution in [2.45, 2.75) is 6.92 Å². The summed E-state index contributed by atoms with van der Waals surface area (Å²) < 4.78 is 1.70. The molecular formula is C10H9N3O. The van der Waals surface area contributed by atoms with E-state index < -0.39 is 0 Å². The Hall–Kier alpha value is -1.97. The highest BCUT2D eigenvalue weighted by Crippen LogP contribution is 2.06. The summed E-state index contributed by atoms with van der Waals surface area (Å²) in [6.07, 6.45) is 3.88. The molecule has 4 nitrogen and oxygen atoms in total. The van der Waals surface area contributed by atoms with Crippen molar-refractivity contribution in [3.8, 4) is 0 Å². The van der Waals surface area contributed by atoms with Gasteiger partial charge in [0.2, 0.25) is 0 Å². The number of nitrogens with zero attached hydrogens (tertiary/aromatic N) is 3. The van der Waals surface area contributed by atoms with Gasteiger partial charge in [0.05, 0.1) is 5.69 Å². The van der Waals surface area contributed by atoms with Crippen LogP contribution in [0.3, 0.4) is 0 Å². The fourth-order valence-corrected chi connectivity index (χ4v) is 1.30. The number of aromatic nitrogens is 3. The number of hydrogen-bond acceptors (Lipinski definition) is 3. The van der Waals surface area contributed by atoms with Crippen molar-refractivity contribution >= 4 is 18.0 Å². The largest absolute Gasteiger partial charge is 0.299 e. The molecule has 2 rings (SSSR count). The molecule has 0 N–H and O–H groups in total. The summed E-state index contributed by atoms with van der Waals surface area (Å²) in [6.45, 7) is 1.83. The molecule has 70 valence electrons. The lowest BCUT2D eigenvalue weighted by Crippen LogP contribution is -1.92. The quantitative estimate of drug-likeness (QED) is 0.525.